The third kappa shape index (κ3) is 3.16. The van der Waals surface area contributed by atoms with Gasteiger partial charge in [-0.05, 0) is 13.0 Å². The number of nitrogens with zero attached hydrogens (tertiary/aromatic N) is 4. The third-order valence-corrected chi connectivity index (χ3v) is 5.95. The Morgan fingerprint density at radius 2 is 2.19 bits per heavy atom. The maximum Gasteiger partial charge on any atom is 0.319 e. The average Bonchev–Trinajstić information content (AvgIpc) is 3.03. The number of aromatic nitrogens is 4. The molecule has 3 aromatic rings. The van der Waals surface area contributed by atoms with Crippen molar-refractivity contribution in [2.24, 2.45) is 0 Å². The lowest BCUT2D eigenvalue weighted by Gasteiger charge is -2.31. The SMILES string of the molecule is CC1OP(=O)(COCCn2cnc3c(N)ncnc32)Nc2ccccc21. The van der Waals surface area contributed by atoms with Crippen LogP contribution in [0.4, 0.5) is 11.5 Å². The molecule has 0 fully saturated rings. The van der Waals surface area contributed by atoms with Crippen molar-refractivity contribution >= 4 is 30.2 Å². The van der Waals surface area contributed by atoms with E-state index >= 15 is 0 Å². The van der Waals surface area contributed by atoms with Crippen LogP contribution < -0.4 is 10.8 Å². The molecule has 1 aliphatic rings. The molecule has 0 aliphatic carbocycles. The van der Waals surface area contributed by atoms with Crippen LogP contribution in [0, 0.1) is 0 Å². The third-order valence-electron chi connectivity index (χ3n) is 4.19. The second-order valence-corrected chi connectivity index (χ2v) is 8.07. The van der Waals surface area contributed by atoms with Crippen LogP contribution in [0.2, 0.25) is 0 Å². The molecule has 0 radical (unpaired) electrons. The molecule has 0 saturated heterocycles. The summed E-state index contributed by atoms with van der Waals surface area (Å²) in [5, 5.41) is 2.99. The molecule has 0 spiro atoms. The van der Waals surface area contributed by atoms with Gasteiger partial charge in [-0.1, -0.05) is 18.2 Å². The van der Waals surface area contributed by atoms with Gasteiger partial charge in [0.15, 0.2) is 11.5 Å². The number of rotatable bonds is 5. The summed E-state index contributed by atoms with van der Waals surface area (Å²) < 4.78 is 26.0. The van der Waals surface area contributed by atoms with Crippen molar-refractivity contribution in [2.45, 2.75) is 19.6 Å². The number of hydrogen-bond acceptors (Lipinski definition) is 7. The van der Waals surface area contributed by atoms with Crippen molar-refractivity contribution in [3.8, 4) is 0 Å². The first-order valence-electron chi connectivity index (χ1n) is 8.19. The van der Waals surface area contributed by atoms with Gasteiger partial charge in [0.1, 0.15) is 18.2 Å². The van der Waals surface area contributed by atoms with Gasteiger partial charge < -0.3 is 24.6 Å². The number of para-hydroxylation sites is 1. The number of imidazole rings is 1. The summed E-state index contributed by atoms with van der Waals surface area (Å²) in [7, 11) is -3.11. The Kier molecular flexibility index (Phi) is 4.36. The Balaban J connectivity index is 1.38. The Hall–Kier alpha value is -2.48. The standard InChI is InChI=1S/C16H19N6O3P/c1-11-12-4-2-3-5-13(12)21-26(23,25-11)10-24-7-6-22-9-20-14-15(17)18-8-19-16(14)22/h2-5,8-9,11H,6-7,10H2,1H3,(H,21,23)(H2,17,18,19). The quantitative estimate of drug-likeness (QED) is 0.517. The lowest BCUT2D eigenvalue weighted by atomic mass is 10.1. The minimum absolute atomic E-state index is 0.0184. The normalized spacial score (nSPS) is 22.1. The Morgan fingerprint density at radius 1 is 1.35 bits per heavy atom. The van der Waals surface area contributed by atoms with Gasteiger partial charge in [0.2, 0.25) is 0 Å². The highest BCUT2D eigenvalue weighted by Gasteiger charge is 2.33. The topological polar surface area (TPSA) is 117 Å². The van der Waals surface area contributed by atoms with Crippen molar-refractivity contribution in [1.29, 1.82) is 0 Å². The summed E-state index contributed by atoms with van der Waals surface area (Å²) in [5.74, 6) is 0.339. The van der Waals surface area contributed by atoms with Crippen molar-refractivity contribution in [3.05, 3.63) is 42.5 Å². The molecule has 26 heavy (non-hydrogen) atoms. The van der Waals surface area contributed by atoms with Crippen LogP contribution in [0.15, 0.2) is 36.9 Å². The van der Waals surface area contributed by atoms with E-state index in [0.29, 0.717) is 30.1 Å². The molecular weight excluding hydrogens is 355 g/mol. The van der Waals surface area contributed by atoms with Gasteiger partial charge >= 0.3 is 7.52 Å². The van der Waals surface area contributed by atoms with Crippen LogP contribution in [-0.4, -0.2) is 32.5 Å². The van der Waals surface area contributed by atoms with Gasteiger partial charge in [-0.3, -0.25) is 4.57 Å². The van der Waals surface area contributed by atoms with Crippen LogP contribution >= 0.6 is 7.52 Å². The smallest absolute Gasteiger partial charge is 0.319 e. The van der Waals surface area contributed by atoms with Crippen LogP contribution in [-0.2, 0) is 20.4 Å². The first kappa shape index (κ1) is 17.0. The van der Waals surface area contributed by atoms with Crippen LogP contribution in [0.1, 0.15) is 18.6 Å². The molecule has 0 amide bonds. The lowest BCUT2D eigenvalue weighted by Crippen LogP contribution is -2.17. The summed E-state index contributed by atoms with van der Waals surface area (Å²) in [4.78, 5) is 12.3. The second-order valence-electron chi connectivity index (χ2n) is 6.03. The van der Waals surface area contributed by atoms with Crippen molar-refractivity contribution in [1.82, 2.24) is 19.5 Å². The van der Waals surface area contributed by atoms with Crippen molar-refractivity contribution in [3.63, 3.8) is 0 Å². The first-order valence-corrected chi connectivity index (χ1v) is 10.0. The highest BCUT2D eigenvalue weighted by Crippen LogP contribution is 2.55. The largest absolute Gasteiger partial charge is 0.382 e. The van der Waals surface area contributed by atoms with Gasteiger partial charge in [-0.25, -0.2) is 15.0 Å². The van der Waals surface area contributed by atoms with Crippen molar-refractivity contribution < 1.29 is 13.8 Å². The number of anilines is 2. The molecule has 1 aromatic carbocycles. The monoisotopic (exact) mass is 374 g/mol. The van der Waals surface area contributed by atoms with E-state index in [4.69, 9.17) is 15.0 Å². The molecular formula is C16H19N6O3P. The van der Waals surface area contributed by atoms with E-state index in [1.807, 2.05) is 35.8 Å². The van der Waals surface area contributed by atoms with E-state index in [1.165, 1.54) is 6.33 Å². The molecule has 136 valence electrons. The van der Waals surface area contributed by atoms with E-state index in [-0.39, 0.29) is 12.5 Å². The highest BCUT2D eigenvalue weighted by molar-refractivity contribution is 7.60. The second kappa shape index (κ2) is 6.68. The van der Waals surface area contributed by atoms with Crippen LogP contribution in [0.5, 0.6) is 0 Å². The lowest BCUT2D eigenvalue weighted by molar-refractivity contribution is 0.142. The van der Waals surface area contributed by atoms with Gasteiger partial charge in [0, 0.05) is 17.8 Å². The maximum atomic E-state index is 12.9. The Morgan fingerprint density at radius 3 is 3.08 bits per heavy atom. The molecule has 4 rings (SSSR count). The molecule has 2 atom stereocenters. The predicted octanol–water partition coefficient (Wildman–Crippen LogP) is 2.78. The number of ether oxygens (including phenoxy) is 1. The van der Waals surface area contributed by atoms with E-state index < -0.39 is 7.52 Å². The van der Waals surface area contributed by atoms with Crippen molar-refractivity contribution in [2.75, 3.05) is 23.8 Å². The fourth-order valence-corrected chi connectivity index (χ4v) is 4.69. The molecule has 0 bridgehead atoms. The molecule has 3 N–H and O–H groups in total. The van der Waals surface area contributed by atoms with Crippen LogP contribution in [0.25, 0.3) is 11.2 Å². The minimum atomic E-state index is -3.11. The zero-order chi connectivity index (χ0) is 18.1. The molecule has 2 unspecified atom stereocenters. The van der Waals surface area contributed by atoms with Gasteiger partial charge in [0.25, 0.3) is 0 Å². The number of nitrogens with two attached hydrogens (primary N) is 1. The van der Waals surface area contributed by atoms with E-state index in [1.54, 1.807) is 6.33 Å². The van der Waals surface area contributed by atoms with Gasteiger partial charge in [-0.2, -0.15) is 0 Å². The molecule has 2 aromatic heterocycles. The minimum Gasteiger partial charge on any atom is -0.382 e. The highest BCUT2D eigenvalue weighted by atomic mass is 31.2. The zero-order valence-corrected chi connectivity index (χ0v) is 15.1. The predicted molar refractivity (Wildman–Crippen MR) is 97.7 cm³/mol. The maximum absolute atomic E-state index is 12.9. The molecule has 10 heteroatoms. The first-order chi connectivity index (χ1) is 12.6. The average molecular weight is 374 g/mol. The summed E-state index contributed by atoms with van der Waals surface area (Å²) in [6.07, 6.45) is 2.76. The fraction of sp³-hybridized carbons (Fsp3) is 0.312. The van der Waals surface area contributed by atoms with Gasteiger partial charge in [-0.15, -0.1) is 0 Å². The Bertz CT molecular complexity index is 991. The molecule has 9 nitrogen and oxygen atoms in total. The zero-order valence-electron chi connectivity index (χ0n) is 14.2. The molecule has 0 saturated carbocycles. The summed E-state index contributed by atoms with van der Waals surface area (Å²) in [6, 6.07) is 7.67. The molecule has 1 aliphatic heterocycles. The van der Waals surface area contributed by atoms with E-state index in [0.717, 1.165) is 11.3 Å². The number of fused-ring (bicyclic) bond motifs is 2. The molecule has 3 heterocycles. The number of hydrogen-bond donors (Lipinski definition) is 2. The van der Waals surface area contributed by atoms with Gasteiger partial charge in [0.05, 0.1) is 19.0 Å². The number of nitrogens with one attached hydrogen (secondary N) is 1. The number of benzene rings is 1. The van der Waals surface area contributed by atoms with E-state index in [9.17, 15) is 4.57 Å². The Labute approximate surface area is 150 Å². The summed E-state index contributed by atoms with van der Waals surface area (Å²) in [5.41, 5.74) is 8.78. The number of nitrogen functional groups attached to an aromatic ring is 1. The van der Waals surface area contributed by atoms with E-state index in [2.05, 4.69) is 20.0 Å². The fourth-order valence-electron chi connectivity index (χ4n) is 2.95. The van der Waals surface area contributed by atoms with Crippen LogP contribution in [0.3, 0.4) is 0 Å². The summed E-state index contributed by atoms with van der Waals surface area (Å²) >= 11 is 0. The summed E-state index contributed by atoms with van der Waals surface area (Å²) in [6.45, 7) is 2.72.